The van der Waals surface area contributed by atoms with Crippen molar-refractivity contribution < 1.29 is 9.15 Å². The number of hydrogen-bond acceptors (Lipinski definition) is 3. The number of benzene rings is 7. The molecule has 0 saturated heterocycles. The largest absolute Gasteiger partial charge is 0.464 e. The van der Waals surface area contributed by atoms with Crippen molar-refractivity contribution in [2.24, 2.45) is 0 Å². The fourth-order valence-electron chi connectivity index (χ4n) is 7.16. The Labute approximate surface area is 241 Å². The van der Waals surface area contributed by atoms with Crippen LogP contribution in [0, 0.1) is 0 Å². The molecular weight excluding hydrogens is 514 g/mol. The summed E-state index contributed by atoms with van der Waals surface area (Å²) in [7, 11) is 0. The van der Waals surface area contributed by atoms with Gasteiger partial charge >= 0.3 is 0 Å². The minimum Gasteiger partial charge on any atom is -0.464 e. The zero-order valence-electron chi connectivity index (χ0n) is 22.5. The molecule has 0 fully saturated rings. The molecule has 196 valence electrons. The van der Waals surface area contributed by atoms with Crippen LogP contribution in [-0.2, 0) is 0 Å². The van der Waals surface area contributed by atoms with Crippen molar-refractivity contribution in [1.29, 1.82) is 0 Å². The van der Waals surface area contributed by atoms with E-state index in [9.17, 15) is 0 Å². The summed E-state index contributed by atoms with van der Waals surface area (Å²) < 4.78 is 13.0. The number of hydrogen-bond donors (Lipinski definition) is 1. The highest BCUT2D eigenvalue weighted by atomic mass is 16.5. The van der Waals surface area contributed by atoms with Gasteiger partial charge in [0.05, 0.1) is 5.69 Å². The van der Waals surface area contributed by atoms with Gasteiger partial charge in [0, 0.05) is 27.3 Å². The highest BCUT2D eigenvalue weighted by molar-refractivity contribution is 6.24. The zero-order chi connectivity index (χ0) is 27.4. The monoisotopic (exact) mass is 537 g/mol. The van der Waals surface area contributed by atoms with Gasteiger partial charge in [0.25, 0.3) is 0 Å². The van der Waals surface area contributed by atoms with E-state index in [1.165, 1.54) is 54.9 Å². The van der Waals surface area contributed by atoms with Crippen LogP contribution in [0.15, 0.2) is 132 Å². The van der Waals surface area contributed by atoms with Crippen LogP contribution in [0.3, 0.4) is 0 Å². The van der Waals surface area contributed by atoms with Gasteiger partial charge in [-0.3, -0.25) is 0 Å². The third-order valence-electron chi connectivity index (χ3n) is 9.05. The molecule has 8 aromatic rings. The first kappa shape index (κ1) is 22.2. The first-order chi connectivity index (χ1) is 20.8. The quantitative estimate of drug-likeness (QED) is 0.238. The highest BCUT2D eigenvalue weighted by Gasteiger charge is 2.28. The van der Waals surface area contributed by atoms with Crippen LogP contribution in [0.25, 0.3) is 76.9 Å². The molecule has 2 heterocycles. The van der Waals surface area contributed by atoms with E-state index in [2.05, 4.69) is 127 Å². The number of para-hydroxylation sites is 1. The fraction of sp³-hybridized carbons (Fsp3) is 0.0256. The lowest BCUT2D eigenvalue weighted by Crippen LogP contribution is -2.10. The van der Waals surface area contributed by atoms with Gasteiger partial charge in [-0.25, -0.2) is 0 Å². The van der Waals surface area contributed by atoms with Crippen molar-refractivity contribution in [3.63, 3.8) is 0 Å². The molecule has 0 bridgehead atoms. The Balaban J connectivity index is 1.11. The maximum atomic E-state index is 6.52. The van der Waals surface area contributed by atoms with Gasteiger partial charge in [0.1, 0.15) is 11.2 Å². The van der Waals surface area contributed by atoms with Crippen molar-refractivity contribution in [2.75, 3.05) is 5.32 Å². The molecule has 1 aromatic heterocycles. The number of fused-ring (bicyclic) bond motifs is 10. The van der Waals surface area contributed by atoms with Crippen molar-refractivity contribution in [3.05, 3.63) is 133 Å². The minimum atomic E-state index is -0.242. The summed E-state index contributed by atoms with van der Waals surface area (Å²) in [5, 5.41) is 10.8. The molecule has 10 rings (SSSR count). The number of rotatable bonds is 2. The molecule has 0 spiro atoms. The second-order valence-corrected chi connectivity index (χ2v) is 11.3. The summed E-state index contributed by atoms with van der Waals surface area (Å²) in [6, 6.07) is 45.4. The first-order valence-corrected chi connectivity index (χ1v) is 14.4. The lowest BCUT2D eigenvalue weighted by molar-refractivity contribution is 0.262. The van der Waals surface area contributed by atoms with Crippen LogP contribution < -0.4 is 10.1 Å². The Morgan fingerprint density at radius 2 is 1.36 bits per heavy atom. The van der Waals surface area contributed by atoms with E-state index in [1.54, 1.807) is 0 Å². The highest BCUT2D eigenvalue weighted by Crippen LogP contribution is 2.53. The van der Waals surface area contributed by atoms with E-state index in [4.69, 9.17) is 9.15 Å². The molecule has 0 saturated carbocycles. The van der Waals surface area contributed by atoms with Crippen molar-refractivity contribution in [3.8, 4) is 39.1 Å². The molecular formula is C39H23NO2. The SMILES string of the molecule is c1cc(-c2ccc3c4c(cccc24)-c2ccc4c(oc5ccccc54)c2-3)cc(C2Nc3ccc4ccccc4c3O2)c1. The van der Waals surface area contributed by atoms with Crippen LogP contribution >= 0.6 is 0 Å². The fourth-order valence-corrected chi connectivity index (χ4v) is 7.16. The Bertz CT molecular complexity index is 2430. The molecule has 42 heavy (non-hydrogen) atoms. The van der Waals surface area contributed by atoms with Crippen molar-refractivity contribution in [2.45, 2.75) is 6.23 Å². The molecule has 3 nitrogen and oxygen atoms in total. The van der Waals surface area contributed by atoms with Gasteiger partial charge in [-0.1, -0.05) is 103 Å². The van der Waals surface area contributed by atoms with E-state index in [0.717, 1.165) is 38.9 Å². The first-order valence-electron chi connectivity index (χ1n) is 14.4. The molecule has 3 heteroatoms. The van der Waals surface area contributed by atoms with Gasteiger partial charge in [0.2, 0.25) is 0 Å². The van der Waals surface area contributed by atoms with E-state index in [0.29, 0.717) is 0 Å². The zero-order valence-corrected chi connectivity index (χ0v) is 22.5. The predicted molar refractivity (Wildman–Crippen MR) is 172 cm³/mol. The van der Waals surface area contributed by atoms with Gasteiger partial charge in [-0.2, -0.15) is 0 Å². The average Bonchev–Trinajstić information content (AvgIpc) is 3.74. The Morgan fingerprint density at radius 3 is 2.33 bits per heavy atom. The second kappa shape index (κ2) is 8.02. The van der Waals surface area contributed by atoms with Crippen LogP contribution in [-0.4, -0.2) is 0 Å². The van der Waals surface area contributed by atoms with E-state index < -0.39 is 0 Å². The number of nitrogens with one attached hydrogen (secondary N) is 1. The number of ether oxygens (including phenoxy) is 1. The molecule has 1 aliphatic carbocycles. The van der Waals surface area contributed by atoms with Gasteiger partial charge in [0.15, 0.2) is 12.0 Å². The minimum absolute atomic E-state index is 0.242. The van der Waals surface area contributed by atoms with E-state index >= 15 is 0 Å². The Kier molecular flexibility index (Phi) is 4.24. The topological polar surface area (TPSA) is 34.4 Å². The standard InChI is InChI=1S/C39H23NO2/c1-2-10-26-22(7-1)15-20-33-37(26)42-39(40-33)24-9-5-8-23(21-24)25-16-19-32-35-28(25)12-6-13-29(35)30-17-18-31-27-11-3-4-14-34(27)41-38(31)36(30)32/h1-21,39-40H. The molecule has 0 amide bonds. The third-order valence-corrected chi connectivity index (χ3v) is 9.05. The average molecular weight is 538 g/mol. The molecule has 1 atom stereocenters. The summed E-state index contributed by atoms with van der Waals surface area (Å²) in [6.45, 7) is 0. The van der Waals surface area contributed by atoms with Gasteiger partial charge < -0.3 is 14.5 Å². The smallest absolute Gasteiger partial charge is 0.196 e. The summed E-state index contributed by atoms with van der Waals surface area (Å²) in [5.41, 5.74) is 11.4. The van der Waals surface area contributed by atoms with Crippen LogP contribution in [0.1, 0.15) is 11.8 Å². The lowest BCUT2D eigenvalue weighted by Gasteiger charge is -2.15. The van der Waals surface area contributed by atoms with Crippen LogP contribution in [0.2, 0.25) is 0 Å². The predicted octanol–water partition coefficient (Wildman–Crippen LogP) is 10.7. The maximum Gasteiger partial charge on any atom is 0.196 e. The molecule has 2 aliphatic rings. The van der Waals surface area contributed by atoms with Gasteiger partial charge in [-0.15, -0.1) is 0 Å². The lowest BCUT2D eigenvalue weighted by atomic mass is 9.93. The van der Waals surface area contributed by atoms with Crippen molar-refractivity contribution >= 4 is 49.2 Å². The van der Waals surface area contributed by atoms with Gasteiger partial charge in [-0.05, 0) is 68.2 Å². The number of furan rings is 1. The van der Waals surface area contributed by atoms with E-state index in [-0.39, 0.29) is 6.23 Å². The Morgan fingerprint density at radius 1 is 0.548 bits per heavy atom. The molecule has 1 aliphatic heterocycles. The summed E-state index contributed by atoms with van der Waals surface area (Å²) in [6.07, 6.45) is -0.242. The summed E-state index contributed by atoms with van der Waals surface area (Å²) in [5.74, 6) is 0.920. The maximum absolute atomic E-state index is 6.52. The number of anilines is 1. The summed E-state index contributed by atoms with van der Waals surface area (Å²) in [4.78, 5) is 0. The van der Waals surface area contributed by atoms with Crippen molar-refractivity contribution in [1.82, 2.24) is 0 Å². The molecule has 1 unspecified atom stereocenters. The van der Waals surface area contributed by atoms with Crippen LogP contribution in [0.5, 0.6) is 5.75 Å². The normalized spacial score (nSPS) is 14.8. The van der Waals surface area contributed by atoms with E-state index in [1.807, 2.05) is 6.07 Å². The third kappa shape index (κ3) is 2.89. The molecule has 7 aromatic carbocycles. The summed E-state index contributed by atoms with van der Waals surface area (Å²) >= 11 is 0. The van der Waals surface area contributed by atoms with Crippen LogP contribution in [0.4, 0.5) is 5.69 Å². The Hall–Kier alpha value is -5.54. The molecule has 0 radical (unpaired) electrons. The molecule has 1 N–H and O–H groups in total. The second-order valence-electron chi connectivity index (χ2n) is 11.3.